The number of benzene rings is 2. The minimum atomic E-state index is -0.230. The number of halogens is 1. The minimum Gasteiger partial charge on any atom is -0.488 e. The molecule has 0 fully saturated rings. The number of ether oxygens (including phenoxy) is 1. The normalized spacial score (nSPS) is 10.6. The average Bonchev–Trinajstić information content (AvgIpc) is 2.48. The predicted molar refractivity (Wildman–Crippen MR) is 81.7 cm³/mol. The number of rotatable bonds is 6. The molecule has 1 N–H and O–H groups in total. The number of hydrogen-bond donors (Lipinski definition) is 1. The van der Waals surface area contributed by atoms with Crippen molar-refractivity contribution in [1.29, 1.82) is 0 Å². The fourth-order valence-electron chi connectivity index (χ4n) is 1.95. The Morgan fingerprint density at radius 3 is 2.75 bits per heavy atom. The summed E-state index contributed by atoms with van der Waals surface area (Å²) < 4.78 is 19.5. The van der Waals surface area contributed by atoms with Gasteiger partial charge in [-0.1, -0.05) is 18.2 Å². The molecule has 106 valence electrons. The van der Waals surface area contributed by atoms with E-state index in [-0.39, 0.29) is 12.4 Å². The predicted octanol–water partition coefficient (Wildman–Crippen LogP) is 3.85. The summed E-state index contributed by atoms with van der Waals surface area (Å²) in [6.07, 6.45) is 2.00. The first-order valence-corrected chi connectivity index (χ1v) is 7.64. The summed E-state index contributed by atoms with van der Waals surface area (Å²) in [6, 6.07) is 12.9. The summed E-state index contributed by atoms with van der Waals surface area (Å²) in [6.45, 7) is 0.954. The summed E-state index contributed by atoms with van der Waals surface area (Å²) in [5.41, 5.74) is 1.62. The van der Waals surface area contributed by atoms with E-state index in [1.165, 1.54) is 6.07 Å². The van der Waals surface area contributed by atoms with Crippen LogP contribution in [0.15, 0.2) is 47.4 Å². The Balaban J connectivity index is 2.12. The highest BCUT2D eigenvalue weighted by atomic mass is 32.2. The molecular weight excluding hydrogens is 273 g/mol. The first-order valence-electron chi connectivity index (χ1n) is 6.42. The van der Waals surface area contributed by atoms with Crippen molar-refractivity contribution < 1.29 is 9.13 Å². The molecule has 0 aliphatic carbocycles. The SMILES string of the molecule is CNCc1ccc(F)c(COc2ccccc2SC)c1. The van der Waals surface area contributed by atoms with E-state index in [9.17, 15) is 4.39 Å². The highest BCUT2D eigenvalue weighted by molar-refractivity contribution is 7.98. The molecule has 0 amide bonds. The maximum Gasteiger partial charge on any atom is 0.133 e. The maximum atomic E-state index is 13.8. The summed E-state index contributed by atoms with van der Waals surface area (Å²) in [7, 11) is 1.87. The molecule has 20 heavy (non-hydrogen) atoms. The number of hydrogen-bond acceptors (Lipinski definition) is 3. The van der Waals surface area contributed by atoms with Crippen molar-refractivity contribution in [3.8, 4) is 5.75 Å². The lowest BCUT2D eigenvalue weighted by molar-refractivity contribution is 0.292. The van der Waals surface area contributed by atoms with Gasteiger partial charge in [0.05, 0.1) is 0 Å². The van der Waals surface area contributed by atoms with Gasteiger partial charge in [-0.15, -0.1) is 11.8 Å². The second kappa shape index (κ2) is 7.31. The molecule has 0 spiro atoms. The topological polar surface area (TPSA) is 21.3 Å². The van der Waals surface area contributed by atoms with E-state index in [2.05, 4.69) is 5.32 Å². The Morgan fingerprint density at radius 1 is 1.20 bits per heavy atom. The van der Waals surface area contributed by atoms with Gasteiger partial charge in [0.25, 0.3) is 0 Å². The zero-order chi connectivity index (χ0) is 14.4. The molecule has 0 radical (unpaired) electrons. The lowest BCUT2D eigenvalue weighted by Gasteiger charge is -2.11. The molecule has 0 aromatic heterocycles. The molecule has 0 aliphatic rings. The second-order valence-corrected chi connectivity index (χ2v) is 5.24. The molecule has 0 heterocycles. The van der Waals surface area contributed by atoms with Gasteiger partial charge < -0.3 is 10.1 Å². The van der Waals surface area contributed by atoms with Crippen molar-refractivity contribution in [2.45, 2.75) is 18.0 Å². The highest BCUT2D eigenvalue weighted by Gasteiger charge is 2.07. The van der Waals surface area contributed by atoms with Gasteiger partial charge >= 0.3 is 0 Å². The van der Waals surface area contributed by atoms with Crippen LogP contribution >= 0.6 is 11.8 Å². The van der Waals surface area contributed by atoms with Gasteiger partial charge in [0.1, 0.15) is 18.2 Å². The lowest BCUT2D eigenvalue weighted by atomic mass is 10.1. The van der Waals surface area contributed by atoms with E-state index in [4.69, 9.17) is 4.74 Å². The van der Waals surface area contributed by atoms with Gasteiger partial charge in [0.15, 0.2) is 0 Å². The van der Waals surface area contributed by atoms with E-state index < -0.39 is 0 Å². The third-order valence-electron chi connectivity index (χ3n) is 2.94. The molecule has 0 atom stereocenters. The molecule has 2 aromatic rings. The van der Waals surface area contributed by atoms with Crippen molar-refractivity contribution in [3.05, 3.63) is 59.4 Å². The van der Waals surface area contributed by atoms with E-state index >= 15 is 0 Å². The molecule has 4 heteroatoms. The summed E-state index contributed by atoms with van der Waals surface area (Å²) in [5, 5.41) is 3.06. The quantitative estimate of drug-likeness (QED) is 0.817. The van der Waals surface area contributed by atoms with Crippen molar-refractivity contribution in [3.63, 3.8) is 0 Å². The second-order valence-electron chi connectivity index (χ2n) is 4.40. The molecule has 0 saturated carbocycles. The van der Waals surface area contributed by atoms with Crippen LogP contribution in [0.1, 0.15) is 11.1 Å². The van der Waals surface area contributed by atoms with Crippen LogP contribution < -0.4 is 10.1 Å². The molecule has 2 nitrogen and oxygen atoms in total. The Labute approximate surface area is 123 Å². The Hall–Kier alpha value is -1.52. The Morgan fingerprint density at radius 2 is 2.00 bits per heavy atom. The molecule has 2 aromatic carbocycles. The van der Waals surface area contributed by atoms with Crippen LogP contribution in [-0.4, -0.2) is 13.3 Å². The lowest BCUT2D eigenvalue weighted by Crippen LogP contribution is -2.07. The highest BCUT2D eigenvalue weighted by Crippen LogP contribution is 2.27. The standard InChI is InChI=1S/C16H18FNOS/c1-18-10-12-7-8-14(17)13(9-12)11-19-15-5-3-4-6-16(15)20-2/h3-9,18H,10-11H2,1-2H3. The fourth-order valence-corrected chi connectivity index (χ4v) is 2.49. The van der Waals surface area contributed by atoms with E-state index in [0.717, 1.165) is 16.2 Å². The molecular formula is C16H18FNOS. The van der Waals surface area contributed by atoms with Crippen molar-refractivity contribution in [1.82, 2.24) is 5.32 Å². The molecule has 2 rings (SSSR count). The largest absolute Gasteiger partial charge is 0.488 e. The molecule has 0 aliphatic heterocycles. The van der Waals surface area contributed by atoms with E-state index in [0.29, 0.717) is 12.1 Å². The zero-order valence-electron chi connectivity index (χ0n) is 11.7. The van der Waals surface area contributed by atoms with Gasteiger partial charge in [-0.3, -0.25) is 0 Å². The summed E-state index contributed by atoms with van der Waals surface area (Å²) in [4.78, 5) is 1.05. The molecule has 0 saturated heterocycles. The molecule has 0 bridgehead atoms. The Kier molecular flexibility index (Phi) is 5.44. The van der Waals surface area contributed by atoms with Crippen LogP contribution in [0.25, 0.3) is 0 Å². The summed E-state index contributed by atoms with van der Waals surface area (Å²) >= 11 is 1.62. The van der Waals surface area contributed by atoms with Gasteiger partial charge in [-0.05, 0) is 43.1 Å². The van der Waals surface area contributed by atoms with Crippen LogP contribution in [0.4, 0.5) is 4.39 Å². The van der Waals surface area contributed by atoms with Crippen molar-refractivity contribution in [2.75, 3.05) is 13.3 Å². The van der Waals surface area contributed by atoms with Gasteiger partial charge in [0, 0.05) is 17.0 Å². The van der Waals surface area contributed by atoms with Crippen LogP contribution in [0.3, 0.4) is 0 Å². The number of nitrogens with one attached hydrogen (secondary N) is 1. The number of para-hydroxylation sites is 1. The maximum absolute atomic E-state index is 13.8. The van der Waals surface area contributed by atoms with E-state index in [1.807, 2.05) is 43.6 Å². The first kappa shape index (κ1) is 14.9. The van der Waals surface area contributed by atoms with Gasteiger partial charge in [0.2, 0.25) is 0 Å². The monoisotopic (exact) mass is 291 g/mol. The average molecular weight is 291 g/mol. The third-order valence-corrected chi connectivity index (χ3v) is 3.72. The zero-order valence-corrected chi connectivity index (χ0v) is 12.5. The van der Waals surface area contributed by atoms with Crippen LogP contribution in [0.5, 0.6) is 5.75 Å². The van der Waals surface area contributed by atoms with Gasteiger partial charge in [-0.25, -0.2) is 4.39 Å². The van der Waals surface area contributed by atoms with Crippen LogP contribution in [0, 0.1) is 5.82 Å². The number of thioether (sulfide) groups is 1. The minimum absolute atomic E-state index is 0.230. The molecule has 0 unspecified atom stereocenters. The summed E-state index contributed by atoms with van der Waals surface area (Å²) in [5.74, 6) is 0.560. The fraction of sp³-hybridized carbons (Fsp3) is 0.250. The smallest absolute Gasteiger partial charge is 0.133 e. The van der Waals surface area contributed by atoms with Crippen molar-refractivity contribution >= 4 is 11.8 Å². The first-order chi connectivity index (χ1) is 9.74. The van der Waals surface area contributed by atoms with Crippen LogP contribution in [0.2, 0.25) is 0 Å². The Bertz CT molecular complexity index is 574. The van der Waals surface area contributed by atoms with Crippen molar-refractivity contribution in [2.24, 2.45) is 0 Å². The third kappa shape index (κ3) is 3.74. The van der Waals surface area contributed by atoms with E-state index in [1.54, 1.807) is 17.8 Å². The van der Waals surface area contributed by atoms with Crippen LogP contribution in [-0.2, 0) is 13.2 Å². The van der Waals surface area contributed by atoms with Gasteiger partial charge in [-0.2, -0.15) is 0 Å².